The van der Waals surface area contributed by atoms with Crippen molar-refractivity contribution in [2.45, 2.75) is 38.8 Å². The van der Waals surface area contributed by atoms with E-state index in [1.54, 1.807) is 4.57 Å². The highest BCUT2D eigenvalue weighted by Gasteiger charge is 2.26. The van der Waals surface area contributed by atoms with Crippen LogP contribution in [0.3, 0.4) is 0 Å². The van der Waals surface area contributed by atoms with Crippen molar-refractivity contribution in [1.82, 2.24) is 14.4 Å². The number of fused-ring (bicyclic) bond motifs is 2. The lowest BCUT2D eigenvalue weighted by Gasteiger charge is -2.26. The molecule has 0 aliphatic carbocycles. The minimum atomic E-state index is -0.465. The number of benzene rings is 1. The third kappa shape index (κ3) is 5.28. The van der Waals surface area contributed by atoms with Gasteiger partial charge in [0.1, 0.15) is 29.3 Å². The molecule has 0 radical (unpaired) electrons. The number of esters is 1. The van der Waals surface area contributed by atoms with Crippen LogP contribution in [0.1, 0.15) is 41.1 Å². The van der Waals surface area contributed by atoms with Gasteiger partial charge in [0.05, 0.1) is 13.7 Å². The van der Waals surface area contributed by atoms with Crippen LogP contribution in [-0.2, 0) is 24.2 Å². The molecule has 35 heavy (non-hydrogen) atoms. The first-order valence-electron chi connectivity index (χ1n) is 12.5. The molecule has 5 rings (SSSR count). The Labute approximate surface area is 205 Å². The molecule has 0 unspecified atom stereocenters. The van der Waals surface area contributed by atoms with Crippen molar-refractivity contribution in [3.05, 3.63) is 63.8 Å². The average Bonchev–Trinajstić information content (AvgIpc) is 3.17. The van der Waals surface area contributed by atoms with E-state index in [0.717, 1.165) is 36.4 Å². The molecule has 2 aliphatic rings. The number of ether oxygens (including phenoxy) is 2. The fraction of sp³-hybridized carbons (Fsp3) is 0.481. The van der Waals surface area contributed by atoms with E-state index in [1.807, 2.05) is 24.3 Å². The second kappa shape index (κ2) is 10.7. The van der Waals surface area contributed by atoms with Gasteiger partial charge in [0.15, 0.2) is 0 Å². The third-order valence-corrected chi connectivity index (χ3v) is 7.05. The monoisotopic (exact) mass is 479 g/mol. The van der Waals surface area contributed by atoms with Gasteiger partial charge in [-0.05, 0) is 38.1 Å². The lowest BCUT2D eigenvalue weighted by Crippen LogP contribution is -2.34. The number of methoxy groups -OCH3 is 1. The van der Waals surface area contributed by atoms with Crippen LogP contribution in [0.2, 0.25) is 0 Å². The number of likely N-dealkylation sites (tertiary alicyclic amines) is 1. The molecule has 2 aliphatic heterocycles. The number of para-hydroxylation sites is 1. The SMILES string of the molecule is COC(=O)c1c(OCCN2CCCCC2)cc(=O)n2c1CCN(Cc1cc3ccccc3o1)CC2. The van der Waals surface area contributed by atoms with E-state index < -0.39 is 5.97 Å². The van der Waals surface area contributed by atoms with Crippen LogP contribution in [0.15, 0.2) is 45.6 Å². The normalized spacial score (nSPS) is 17.2. The van der Waals surface area contributed by atoms with Gasteiger partial charge < -0.3 is 18.5 Å². The van der Waals surface area contributed by atoms with Gasteiger partial charge in [0, 0.05) is 49.7 Å². The van der Waals surface area contributed by atoms with E-state index in [1.165, 1.54) is 32.4 Å². The van der Waals surface area contributed by atoms with Crippen LogP contribution in [0.5, 0.6) is 5.75 Å². The lowest BCUT2D eigenvalue weighted by molar-refractivity contribution is 0.0592. The third-order valence-electron chi connectivity index (χ3n) is 7.05. The summed E-state index contributed by atoms with van der Waals surface area (Å²) in [6.07, 6.45) is 4.23. The molecule has 8 heteroatoms. The van der Waals surface area contributed by atoms with E-state index in [-0.39, 0.29) is 5.56 Å². The summed E-state index contributed by atoms with van der Waals surface area (Å²) in [5.41, 5.74) is 1.78. The van der Waals surface area contributed by atoms with Crippen molar-refractivity contribution in [2.75, 3.05) is 46.4 Å². The highest BCUT2D eigenvalue weighted by Crippen LogP contribution is 2.25. The zero-order valence-corrected chi connectivity index (χ0v) is 20.3. The van der Waals surface area contributed by atoms with E-state index in [0.29, 0.717) is 56.2 Å². The quantitative estimate of drug-likeness (QED) is 0.481. The molecule has 0 spiro atoms. The molecule has 1 saturated heterocycles. The minimum absolute atomic E-state index is 0.147. The fourth-order valence-corrected chi connectivity index (χ4v) is 5.19. The number of pyridine rings is 1. The largest absolute Gasteiger partial charge is 0.491 e. The van der Waals surface area contributed by atoms with Gasteiger partial charge in [-0.2, -0.15) is 0 Å². The number of nitrogens with zero attached hydrogens (tertiary/aromatic N) is 3. The second-order valence-corrected chi connectivity index (χ2v) is 9.34. The Kier molecular flexibility index (Phi) is 7.20. The summed E-state index contributed by atoms with van der Waals surface area (Å²) in [6.45, 7) is 5.87. The molecule has 0 saturated carbocycles. The Hall–Kier alpha value is -3.10. The van der Waals surface area contributed by atoms with Crippen molar-refractivity contribution in [1.29, 1.82) is 0 Å². The summed E-state index contributed by atoms with van der Waals surface area (Å²) >= 11 is 0. The fourth-order valence-electron chi connectivity index (χ4n) is 5.19. The van der Waals surface area contributed by atoms with Crippen molar-refractivity contribution >= 4 is 16.9 Å². The number of aromatic nitrogens is 1. The molecule has 4 heterocycles. The van der Waals surface area contributed by atoms with Gasteiger partial charge in [-0.1, -0.05) is 24.6 Å². The first-order valence-corrected chi connectivity index (χ1v) is 12.5. The Bertz CT molecular complexity index is 1210. The van der Waals surface area contributed by atoms with Gasteiger partial charge >= 0.3 is 5.97 Å². The van der Waals surface area contributed by atoms with Crippen LogP contribution in [0, 0.1) is 0 Å². The molecule has 1 aromatic carbocycles. The van der Waals surface area contributed by atoms with E-state index in [9.17, 15) is 9.59 Å². The molecule has 3 aromatic rings. The Morgan fingerprint density at radius 1 is 1.00 bits per heavy atom. The summed E-state index contributed by atoms with van der Waals surface area (Å²) in [7, 11) is 1.37. The summed E-state index contributed by atoms with van der Waals surface area (Å²) in [6, 6.07) is 11.5. The highest BCUT2D eigenvalue weighted by atomic mass is 16.5. The summed E-state index contributed by atoms with van der Waals surface area (Å²) < 4.78 is 18.8. The Morgan fingerprint density at radius 2 is 1.83 bits per heavy atom. The predicted molar refractivity (Wildman–Crippen MR) is 133 cm³/mol. The highest BCUT2D eigenvalue weighted by molar-refractivity contribution is 5.93. The summed E-state index contributed by atoms with van der Waals surface area (Å²) in [5.74, 6) is 0.753. The van der Waals surface area contributed by atoms with Crippen LogP contribution < -0.4 is 10.3 Å². The van der Waals surface area contributed by atoms with Crippen LogP contribution >= 0.6 is 0 Å². The number of carbonyl (C=O) groups excluding carboxylic acids is 1. The van der Waals surface area contributed by atoms with Crippen LogP contribution in [-0.4, -0.2) is 66.8 Å². The standard InChI is InChI=1S/C27H33N3O5/c1-33-27(32)26-22-9-12-29(19-21-17-20-7-3-4-8-23(20)35-21)13-14-30(22)25(31)18-24(26)34-16-15-28-10-5-2-6-11-28/h3-4,7-8,17-18H,2,5-6,9-16,19H2,1H3. The number of hydrogen-bond acceptors (Lipinski definition) is 7. The van der Waals surface area contributed by atoms with Crippen molar-refractivity contribution in [3.8, 4) is 5.75 Å². The van der Waals surface area contributed by atoms with Gasteiger partial charge in [-0.15, -0.1) is 0 Å². The molecule has 0 N–H and O–H groups in total. The maximum Gasteiger partial charge on any atom is 0.343 e. The molecule has 8 nitrogen and oxygen atoms in total. The first kappa shape index (κ1) is 23.6. The summed E-state index contributed by atoms with van der Waals surface area (Å²) in [5, 5.41) is 1.08. The molecular formula is C27H33N3O5. The van der Waals surface area contributed by atoms with E-state index in [2.05, 4.69) is 15.9 Å². The van der Waals surface area contributed by atoms with Crippen LogP contribution in [0.25, 0.3) is 11.0 Å². The van der Waals surface area contributed by atoms with Gasteiger partial charge in [-0.3, -0.25) is 14.6 Å². The first-order chi connectivity index (χ1) is 17.1. The molecule has 0 bridgehead atoms. The lowest BCUT2D eigenvalue weighted by atomic mass is 10.1. The maximum atomic E-state index is 13.0. The van der Waals surface area contributed by atoms with Crippen molar-refractivity contribution in [2.24, 2.45) is 0 Å². The molecule has 1 fully saturated rings. The molecule has 0 atom stereocenters. The van der Waals surface area contributed by atoms with Crippen LogP contribution in [0.4, 0.5) is 0 Å². The smallest absolute Gasteiger partial charge is 0.343 e. The number of hydrogen-bond donors (Lipinski definition) is 0. The van der Waals surface area contributed by atoms with E-state index >= 15 is 0 Å². The van der Waals surface area contributed by atoms with Crippen molar-refractivity contribution < 1.29 is 18.7 Å². The Morgan fingerprint density at radius 3 is 2.63 bits per heavy atom. The number of piperidine rings is 1. The molecule has 0 amide bonds. The maximum absolute atomic E-state index is 13.0. The minimum Gasteiger partial charge on any atom is -0.491 e. The van der Waals surface area contributed by atoms with Gasteiger partial charge in [0.2, 0.25) is 0 Å². The predicted octanol–water partition coefficient (Wildman–Crippen LogP) is 3.30. The zero-order chi connectivity index (χ0) is 24.2. The van der Waals surface area contributed by atoms with Crippen molar-refractivity contribution in [3.63, 3.8) is 0 Å². The number of furan rings is 1. The number of rotatable bonds is 7. The molecule has 186 valence electrons. The van der Waals surface area contributed by atoms with Gasteiger partial charge in [0.25, 0.3) is 5.56 Å². The van der Waals surface area contributed by atoms with E-state index in [4.69, 9.17) is 13.9 Å². The average molecular weight is 480 g/mol. The molecule has 2 aromatic heterocycles. The molecular weight excluding hydrogens is 446 g/mol. The Balaban J connectivity index is 1.33. The number of carbonyl (C=O) groups is 1. The topological polar surface area (TPSA) is 77.2 Å². The second-order valence-electron chi connectivity index (χ2n) is 9.34. The van der Waals surface area contributed by atoms with Gasteiger partial charge in [-0.25, -0.2) is 4.79 Å². The summed E-state index contributed by atoms with van der Waals surface area (Å²) in [4.78, 5) is 30.5. The zero-order valence-electron chi connectivity index (χ0n) is 20.3.